The van der Waals surface area contributed by atoms with Crippen molar-refractivity contribution in [1.29, 1.82) is 0 Å². The summed E-state index contributed by atoms with van der Waals surface area (Å²) < 4.78 is 2.45. The average molecular weight is 631 g/mol. The molecule has 234 valence electrons. The van der Waals surface area contributed by atoms with Crippen molar-refractivity contribution < 1.29 is 0 Å². The van der Waals surface area contributed by atoms with Gasteiger partial charge in [0.2, 0.25) is 0 Å². The Bertz CT molecular complexity index is 2580. The third kappa shape index (κ3) is 4.73. The Morgan fingerprint density at radius 3 is 1.49 bits per heavy atom. The van der Waals surface area contributed by atoms with E-state index in [1.54, 1.807) is 0 Å². The molecule has 3 atom stereocenters. The maximum absolute atomic E-state index is 3.91. The Morgan fingerprint density at radius 2 is 0.837 bits per heavy atom. The molecule has 1 aliphatic rings. The summed E-state index contributed by atoms with van der Waals surface area (Å²) in [6.07, 6.45) is -0.202. The van der Waals surface area contributed by atoms with Crippen molar-refractivity contribution in [1.82, 2.24) is 20.5 Å². The fraction of sp³-hybridized carbons (Fsp3) is 0.0667. The van der Waals surface area contributed by atoms with Crippen LogP contribution in [0.15, 0.2) is 170 Å². The SMILES string of the molecule is c1ccc(C2NC(c3cccc(-n4c5ccc6ccccc6c5c5c6ccccc6ccc54)c3)NC(c3ccc4ccccc4c3)N2)cc1. The lowest BCUT2D eigenvalue weighted by Gasteiger charge is -2.39. The van der Waals surface area contributed by atoms with Gasteiger partial charge >= 0.3 is 0 Å². The summed E-state index contributed by atoms with van der Waals surface area (Å²) in [5.41, 5.74) is 7.17. The number of nitrogens with zero attached hydrogens (tertiary/aromatic N) is 1. The van der Waals surface area contributed by atoms with Crippen LogP contribution in [0.3, 0.4) is 0 Å². The molecule has 0 bridgehead atoms. The van der Waals surface area contributed by atoms with Gasteiger partial charge in [-0.1, -0.05) is 140 Å². The van der Waals surface area contributed by atoms with E-state index in [0.717, 1.165) is 5.69 Å². The molecule has 1 saturated heterocycles. The van der Waals surface area contributed by atoms with Crippen molar-refractivity contribution in [2.24, 2.45) is 0 Å². The topological polar surface area (TPSA) is 41.0 Å². The standard InChI is InChI=1S/C45H34N4/c1-2-14-32(15-3-1)43-46-44(48-45(47-43)35-22-21-29-11-4-5-16-33(29)27-35)34-17-10-18-36(28-34)49-39-25-23-30-12-6-8-19-37(30)41(39)42-38-20-9-7-13-31(38)24-26-40(42)49/h1-28,43-48H. The Hall–Kier alpha value is -5.78. The van der Waals surface area contributed by atoms with E-state index in [4.69, 9.17) is 0 Å². The summed E-state index contributed by atoms with van der Waals surface area (Å²) in [5.74, 6) is 0. The highest BCUT2D eigenvalue weighted by Gasteiger charge is 2.30. The van der Waals surface area contributed by atoms with Gasteiger partial charge in [0.1, 0.15) is 0 Å². The molecule has 2 heterocycles. The normalized spacial score (nSPS) is 18.2. The second-order valence-electron chi connectivity index (χ2n) is 13.1. The van der Waals surface area contributed by atoms with Crippen LogP contribution in [0.4, 0.5) is 0 Å². The lowest BCUT2D eigenvalue weighted by atomic mass is 10.00. The van der Waals surface area contributed by atoms with Crippen LogP contribution in [-0.4, -0.2) is 4.57 Å². The molecule has 4 heteroatoms. The number of aromatic nitrogens is 1. The number of hydrogen-bond acceptors (Lipinski definition) is 3. The quantitative estimate of drug-likeness (QED) is 0.181. The molecule has 0 radical (unpaired) electrons. The van der Waals surface area contributed by atoms with E-state index >= 15 is 0 Å². The van der Waals surface area contributed by atoms with Crippen LogP contribution in [-0.2, 0) is 0 Å². The lowest BCUT2D eigenvalue weighted by Crippen LogP contribution is -2.54. The summed E-state index contributed by atoms with van der Waals surface area (Å²) >= 11 is 0. The van der Waals surface area contributed by atoms with Crippen LogP contribution in [0.1, 0.15) is 35.2 Å². The fourth-order valence-electron chi connectivity index (χ4n) is 7.92. The zero-order valence-electron chi connectivity index (χ0n) is 26.8. The molecule has 4 nitrogen and oxygen atoms in total. The molecular weight excluding hydrogens is 597 g/mol. The fourth-order valence-corrected chi connectivity index (χ4v) is 7.92. The van der Waals surface area contributed by atoms with Gasteiger partial charge in [-0.15, -0.1) is 0 Å². The molecule has 0 spiro atoms. The van der Waals surface area contributed by atoms with Gasteiger partial charge in [0.15, 0.2) is 0 Å². The van der Waals surface area contributed by atoms with Gasteiger partial charge in [-0.05, 0) is 79.3 Å². The van der Waals surface area contributed by atoms with Crippen molar-refractivity contribution in [3.8, 4) is 5.69 Å². The highest BCUT2D eigenvalue weighted by Crippen LogP contribution is 2.41. The highest BCUT2D eigenvalue weighted by molar-refractivity contribution is 6.28. The number of fused-ring (bicyclic) bond motifs is 8. The molecule has 0 aliphatic carbocycles. The zero-order valence-corrected chi connectivity index (χ0v) is 26.8. The molecular formula is C45H34N4. The summed E-state index contributed by atoms with van der Waals surface area (Å²) in [6.45, 7) is 0. The minimum atomic E-state index is -0.0994. The van der Waals surface area contributed by atoms with E-state index in [-0.39, 0.29) is 18.5 Å². The number of benzene rings is 8. The zero-order chi connectivity index (χ0) is 32.3. The molecule has 3 unspecified atom stereocenters. The highest BCUT2D eigenvalue weighted by atomic mass is 15.4. The minimum Gasteiger partial charge on any atom is -0.309 e. The Morgan fingerprint density at radius 1 is 0.347 bits per heavy atom. The first-order valence-electron chi connectivity index (χ1n) is 17.0. The van der Waals surface area contributed by atoms with Crippen molar-refractivity contribution >= 4 is 54.1 Å². The summed E-state index contributed by atoms with van der Waals surface area (Å²) in [5, 5.41) is 21.8. The largest absolute Gasteiger partial charge is 0.309 e. The number of nitrogens with one attached hydrogen (secondary N) is 3. The van der Waals surface area contributed by atoms with Gasteiger partial charge in [-0.25, -0.2) is 0 Å². The predicted octanol–water partition coefficient (Wildman–Crippen LogP) is 10.4. The molecule has 9 aromatic rings. The third-order valence-corrected chi connectivity index (χ3v) is 10.2. The number of hydrogen-bond donors (Lipinski definition) is 3. The van der Waals surface area contributed by atoms with Crippen molar-refractivity contribution in [3.63, 3.8) is 0 Å². The molecule has 1 aliphatic heterocycles. The summed E-state index contributed by atoms with van der Waals surface area (Å²) in [7, 11) is 0. The molecule has 0 amide bonds. The maximum Gasteiger partial charge on any atom is 0.0865 e. The monoisotopic (exact) mass is 630 g/mol. The Balaban J connectivity index is 1.13. The molecule has 49 heavy (non-hydrogen) atoms. The maximum atomic E-state index is 3.91. The molecule has 1 fully saturated rings. The smallest absolute Gasteiger partial charge is 0.0865 e. The van der Waals surface area contributed by atoms with E-state index in [9.17, 15) is 0 Å². The Labute approximate surface area is 284 Å². The van der Waals surface area contributed by atoms with Gasteiger partial charge in [-0.2, -0.15) is 0 Å². The average Bonchev–Trinajstić information content (AvgIpc) is 3.53. The summed E-state index contributed by atoms with van der Waals surface area (Å²) in [6, 6.07) is 61.6. The first-order chi connectivity index (χ1) is 24.3. The Kier molecular flexibility index (Phi) is 6.59. The van der Waals surface area contributed by atoms with E-state index in [1.165, 1.54) is 70.8 Å². The molecule has 1 aromatic heterocycles. The first-order valence-corrected chi connectivity index (χ1v) is 17.0. The predicted molar refractivity (Wildman–Crippen MR) is 204 cm³/mol. The van der Waals surface area contributed by atoms with Crippen molar-refractivity contribution in [2.45, 2.75) is 18.5 Å². The second kappa shape index (κ2) is 11.4. The third-order valence-electron chi connectivity index (χ3n) is 10.2. The molecule has 8 aromatic carbocycles. The van der Waals surface area contributed by atoms with Crippen molar-refractivity contribution in [3.05, 3.63) is 187 Å². The van der Waals surface area contributed by atoms with E-state index in [1.807, 2.05) is 0 Å². The van der Waals surface area contributed by atoms with Gasteiger partial charge in [0.05, 0.1) is 29.5 Å². The van der Waals surface area contributed by atoms with E-state index in [0.29, 0.717) is 0 Å². The van der Waals surface area contributed by atoms with Crippen LogP contribution in [0.2, 0.25) is 0 Å². The van der Waals surface area contributed by atoms with Crippen LogP contribution in [0.25, 0.3) is 59.8 Å². The van der Waals surface area contributed by atoms with Crippen LogP contribution in [0.5, 0.6) is 0 Å². The minimum absolute atomic E-state index is 0.0430. The van der Waals surface area contributed by atoms with E-state index < -0.39 is 0 Å². The number of rotatable bonds is 4. The first kappa shape index (κ1) is 28.3. The molecule has 3 N–H and O–H groups in total. The van der Waals surface area contributed by atoms with Crippen LogP contribution < -0.4 is 16.0 Å². The lowest BCUT2D eigenvalue weighted by molar-refractivity contribution is 0.203. The van der Waals surface area contributed by atoms with Gasteiger partial charge in [0.25, 0.3) is 0 Å². The van der Waals surface area contributed by atoms with Gasteiger partial charge < -0.3 is 4.57 Å². The van der Waals surface area contributed by atoms with Crippen LogP contribution in [0, 0.1) is 0 Å². The van der Waals surface area contributed by atoms with Crippen molar-refractivity contribution in [2.75, 3.05) is 0 Å². The molecule has 10 rings (SSSR count). The summed E-state index contributed by atoms with van der Waals surface area (Å²) in [4.78, 5) is 0. The van der Waals surface area contributed by atoms with Gasteiger partial charge in [-0.3, -0.25) is 16.0 Å². The second-order valence-corrected chi connectivity index (χ2v) is 13.1. The molecule has 0 saturated carbocycles. The van der Waals surface area contributed by atoms with E-state index in [2.05, 4.69) is 190 Å². The van der Waals surface area contributed by atoms with Crippen LogP contribution >= 0.6 is 0 Å². The van der Waals surface area contributed by atoms with Gasteiger partial charge in [0, 0.05) is 16.5 Å².